The summed E-state index contributed by atoms with van der Waals surface area (Å²) in [6, 6.07) is 17.2. The van der Waals surface area contributed by atoms with Crippen LogP contribution in [0.1, 0.15) is 24.2 Å². The van der Waals surface area contributed by atoms with Crippen molar-refractivity contribution in [1.82, 2.24) is 10.6 Å². The molecule has 2 unspecified atom stereocenters. The molecule has 0 aliphatic rings. The van der Waals surface area contributed by atoms with Crippen molar-refractivity contribution < 1.29 is 14.6 Å². The third kappa shape index (κ3) is 7.04. The summed E-state index contributed by atoms with van der Waals surface area (Å²) in [5.74, 6) is 0.470. The van der Waals surface area contributed by atoms with Gasteiger partial charge >= 0.3 is 0 Å². The summed E-state index contributed by atoms with van der Waals surface area (Å²) in [7, 11) is 1.81. The van der Waals surface area contributed by atoms with Crippen LogP contribution in [0, 0.1) is 5.92 Å². The number of benzene rings is 2. The summed E-state index contributed by atoms with van der Waals surface area (Å²) in [4.78, 5) is 11.9. The average Bonchev–Trinajstić information content (AvgIpc) is 2.65. The smallest absolute Gasteiger partial charge is 0.224 e. The maximum atomic E-state index is 11.9. The molecule has 0 aliphatic heterocycles. The van der Waals surface area contributed by atoms with Gasteiger partial charge < -0.3 is 20.5 Å². The second-order valence-corrected chi connectivity index (χ2v) is 6.07. The van der Waals surface area contributed by atoms with Gasteiger partial charge in [-0.3, -0.25) is 4.79 Å². The molecule has 2 rings (SSSR count). The van der Waals surface area contributed by atoms with Crippen LogP contribution < -0.4 is 15.4 Å². The number of rotatable bonds is 9. The summed E-state index contributed by atoms with van der Waals surface area (Å²) in [6.07, 6.45) is -0.772. The average molecular weight is 379 g/mol. The third-order valence-electron chi connectivity index (χ3n) is 3.92. The highest BCUT2D eigenvalue weighted by Crippen LogP contribution is 2.20. The lowest BCUT2D eigenvalue weighted by atomic mass is 10.1. The van der Waals surface area contributed by atoms with E-state index in [2.05, 4.69) is 10.6 Å². The van der Waals surface area contributed by atoms with Crippen molar-refractivity contribution >= 4 is 18.3 Å². The molecule has 2 aromatic carbocycles. The Kier molecular flexibility index (Phi) is 9.73. The number of carbonyl (C=O) groups excluding carboxylic acids is 1. The number of aliphatic hydroxyl groups is 1. The Morgan fingerprint density at radius 1 is 1.12 bits per heavy atom. The maximum absolute atomic E-state index is 11.9. The van der Waals surface area contributed by atoms with Crippen molar-refractivity contribution in [3.05, 3.63) is 65.7 Å². The van der Waals surface area contributed by atoms with Gasteiger partial charge in [0.25, 0.3) is 0 Å². The molecule has 2 aromatic rings. The number of hydrogen-bond acceptors (Lipinski definition) is 4. The van der Waals surface area contributed by atoms with Crippen LogP contribution in [0.5, 0.6) is 5.75 Å². The minimum atomic E-state index is -0.772. The van der Waals surface area contributed by atoms with E-state index >= 15 is 0 Å². The number of aliphatic hydroxyl groups excluding tert-OH is 1. The van der Waals surface area contributed by atoms with Gasteiger partial charge in [0, 0.05) is 19.0 Å². The van der Waals surface area contributed by atoms with E-state index in [0.29, 0.717) is 24.5 Å². The minimum Gasteiger partial charge on any atom is -0.489 e. The molecule has 0 radical (unpaired) electrons. The fourth-order valence-corrected chi connectivity index (χ4v) is 2.44. The molecular formula is C20H27ClN2O3. The third-order valence-corrected chi connectivity index (χ3v) is 3.92. The molecule has 1 amide bonds. The summed E-state index contributed by atoms with van der Waals surface area (Å²) in [6.45, 7) is 3.09. The second-order valence-electron chi connectivity index (χ2n) is 6.07. The Hall–Kier alpha value is -2.08. The summed E-state index contributed by atoms with van der Waals surface area (Å²) in [5.41, 5.74) is 1.80. The Balaban J connectivity index is 0.00000338. The van der Waals surface area contributed by atoms with E-state index in [0.717, 1.165) is 5.56 Å². The monoisotopic (exact) mass is 378 g/mol. The molecule has 6 heteroatoms. The molecule has 0 heterocycles. The lowest BCUT2D eigenvalue weighted by molar-refractivity contribution is -0.124. The topological polar surface area (TPSA) is 70.6 Å². The Bertz CT molecular complexity index is 667. The first-order chi connectivity index (χ1) is 12.1. The van der Waals surface area contributed by atoms with Gasteiger partial charge in [-0.1, -0.05) is 49.4 Å². The Labute approximate surface area is 161 Å². The van der Waals surface area contributed by atoms with E-state index in [4.69, 9.17) is 4.74 Å². The summed E-state index contributed by atoms with van der Waals surface area (Å²) in [5, 5.41) is 16.0. The molecule has 5 nitrogen and oxygen atoms in total. The van der Waals surface area contributed by atoms with Crippen molar-refractivity contribution in [2.45, 2.75) is 19.6 Å². The lowest BCUT2D eigenvalue weighted by Crippen LogP contribution is -2.36. The fraction of sp³-hybridized carbons (Fsp3) is 0.350. The first-order valence-electron chi connectivity index (χ1n) is 8.47. The zero-order chi connectivity index (χ0) is 18.1. The predicted molar refractivity (Wildman–Crippen MR) is 106 cm³/mol. The zero-order valence-electron chi connectivity index (χ0n) is 15.1. The zero-order valence-corrected chi connectivity index (χ0v) is 16.0. The van der Waals surface area contributed by atoms with Crippen LogP contribution in [-0.2, 0) is 11.4 Å². The quantitative estimate of drug-likeness (QED) is 0.627. The molecule has 0 aromatic heterocycles. The number of amides is 1. The van der Waals surface area contributed by atoms with Gasteiger partial charge in [0.2, 0.25) is 5.91 Å². The number of halogens is 1. The molecule has 0 saturated carbocycles. The molecule has 3 N–H and O–H groups in total. The van der Waals surface area contributed by atoms with E-state index in [-0.39, 0.29) is 30.8 Å². The molecular weight excluding hydrogens is 352 g/mol. The van der Waals surface area contributed by atoms with Crippen LogP contribution in [0.4, 0.5) is 0 Å². The normalized spacial score (nSPS) is 12.6. The summed E-state index contributed by atoms with van der Waals surface area (Å²) < 4.78 is 5.77. The molecule has 0 fully saturated rings. The number of ether oxygens (including phenoxy) is 1. The molecule has 26 heavy (non-hydrogen) atoms. The molecule has 0 aliphatic carbocycles. The van der Waals surface area contributed by atoms with E-state index in [1.165, 1.54) is 0 Å². The van der Waals surface area contributed by atoms with E-state index in [1.807, 2.05) is 55.5 Å². The first kappa shape index (κ1) is 22.0. The van der Waals surface area contributed by atoms with Crippen LogP contribution in [-0.4, -0.2) is 31.2 Å². The van der Waals surface area contributed by atoms with Gasteiger partial charge in [0.1, 0.15) is 12.4 Å². The van der Waals surface area contributed by atoms with Gasteiger partial charge in [0.05, 0.1) is 6.10 Å². The lowest BCUT2D eigenvalue weighted by Gasteiger charge is -2.16. The highest BCUT2D eigenvalue weighted by Gasteiger charge is 2.14. The van der Waals surface area contributed by atoms with Crippen molar-refractivity contribution in [3.63, 3.8) is 0 Å². The van der Waals surface area contributed by atoms with Crippen LogP contribution in [0.25, 0.3) is 0 Å². The van der Waals surface area contributed by atoms with Gasteiger partial charge in [0.15, 0.2) is 0 Å². The van der Waals surface area contributed by atoms with Crippen LogP contribution >= 0.6 is 12.4 Å². The van der Waals surface area contributed by atoms with Crippen molar-refractivity contribution in [3.8, 4) is 5.75 Å². The van der Waals surface area contributed by atoms with Crippen LogP contribution in [0.3, 0.4) is 0 Å². The SMILES string of the molecule is CNCC(C)C(=O)NCC(O)c1cccc(OCc2ccccc2)c1.Cl. The highest BCUT2D eigenvalue weighted by atomic mass is 35.5. The standard InChI is InChI=1S/C20H26N2O3.ClH/c1-15(12-21-2)20(24)22-13-19(23)17-9-6-10-18(11-17)25-14-16-7-4-3-5-8-16;/h3-11,15,19,21,23H,12-14H2,1-2H3,(H,22,24);1H. The largest absolute Gasteiger partial charge is 0.489 e. The van der Waals surface area contributed by atoms with Gasteiger partial charge in [-0.25, -0.2) is 0 Å². The van der Waals surface area contributed by atoms with Crippen molar-refractivity contribution in [2.75, 3.05) is 20.1 Å². The van der Waals surface area contributed by atoms with E-state index in [1.54, 1.807) is 13.1 Å². The molecule has 2 atom stereocenters. The molecule has 142 valence electrons. The fourth-order valence-electron chi connectivity index (χ4n) is 2.44. The van der Waals surface area contributed by atoms with Gasteiger partial charge in [-0.05, 0) is 30.3 Å². The molecule has 0 spiro atoms. The number of nitrogens with one attached hydrogen (secondary N) is 2. The maximum Gasteiger partial charge on any atom is 0.224 e. The van der Waals surface area contributed by atoms with Crippen LogP contribution in [0.2, 0.25) is 0 Å². The van der Waals surface area contributed by atoms with Crippen molar-refractivity contribution in [2.24, 2.45) is 5.92 Å². The van der Waals surface area contributed by atoms with Crippen LogP contribution in [0.15, 0.2) is 54.6 Å². The molecule has 0 bridgehead atoms. The Morgan fingerprint density at radius 3 is 2.54 bits per heavy atom. The predicted octanol–water partition coefficient (Wildman–Crippen LogP) is 2.69. The highest BCUT2D eigenvalue weighted by molar-refractivity contribution is 5.85. The summed E-state index contributed by atoms with van der Waals surface area (Å²) >= 11 is 0. The van der Waals surface area contributed by atoms with Crippen molar-refractivity contribution in [1.29, 1.82) is 0 Å². The van der Waals surface area contributed by atoms with E-state index < -0.39 is 6.10 Å². The number of carbonyl (C=O) groups is 1. The number of hydrogen-bond donors (Lipinski definition) is 3. The second kappa shape index (κ2) is 11.5. The minimum absolute atomic E-state index is 0. The Morgan fingerprint density at radius 2 is 1.85 bits per heavy atom. The van der Waals surface area contributed by atoms with E-state index in [9.17, 15) is 9.90 Å². The molecule has 0 saturated heterocycles. The first-order valence-corrected chi connectivity index (χ1v) is 8.47. The van der Waals surface area contributed by atoms with Gasteiger partial charge in [-0.15, -0.1) is 12.4 Å². The van der Waals surface area contributed by atoms with Gasteiger partial charge in [-0.2, -0.15) is 0 Å².